The van der Waals surface area contributed by atoms with Crippen molar-refractivity contribution < 1.29 is 23.7 Å². The molecule has 1 aromatic rings. The molecule has 0 saturated heterocycles. The number of allylic oxidation sites excluding steroid dienone is 2. The summed E-state index contributed by atoms with van der Waals surface area (Å²) in [7, 11) is 0. The van der Waals surface area contributed by atoms with Crippen molar-refractivity contribution in [3.8, 4) is 17.6 Å². The van der Waals surface area contributed by atoms with Crippen molar-refractivity contribution >= 4 is 5.97 Å². The van der Waals surface area contributed by atoms with Crippen LogP contribution in [0.15, 0.2) is 41.0 Å². The van der Waals surface area contributed by atoms with Crippen LogP contribution in [0, 0.1) is 11.3 Å². The lowest BCUT2D eigenvalue weighted by atomic mass is 9.83. The normalized spacial score (nSPS) is 19.3. The molecule has 7 nitrogen and oxygen atoms in total. The molecule has 1 heterocycles. The maximum Gasteiger partial charge on any atom is 0.338 e. The lowest BCUT2D eigenvalue weighted by Crippen LogP contribution is -2.25. The predicted molar refractivity (Wildman–Crippen MR) is 110 cm³/mol. The summed E-state index contributed by atoms with van der Waals surface area (Å²) in [6.45, 7) is 5.93. The van der Waals surface area contributed by atoms with Gasteiger partial charge >= 0.3 is 5.97 Å². The van der Waals surface area contributed by atoms with E-state index in [1.165, 1.54) is 0 Å². The molecule has 2 aliphatic rings. The Morgan fingerprint density at radius 2 is 1.97 bits per heavy atom. The van der Waals surface area contributed by atoms with E-state index in [4.69, 9.17) is 24.7 Å². The molecule has 1 aliphatic carbocycles. The minimum absolute atomic E-state index is 0.0164. The molecular formula is C23H28N2O5. The van der Waals surface area contributed by atoms with Crippen molar-refractivity contribution in [1.29, 1.82) is 5.26 Å². The Labute approximate surface area is 177 Å². The summed E-state index contributed by atoms with van der Waals surface area (Å²) in [6, 6.07) is 7.56. The fraction of sp³-hybridized carbons (Fsp3) is 0.478. The quantitative estimate of drug-likeness (QED) is 0.674. The van der Waals surface area contributed by atoms with Crippen LogP contribution in [-0.2, 0) is 14.3 Å². The second kappa shape index (κ2) is 9.57. The standard InChI is InChI=1S/C23H28N2O5/c1-4-27-19-12-15(10-11-18(19)30-16-8-6-7-9-16)21-17(13-24)22(25)29-14(3)20(21)23(26)28-5-2/h10-12,16,21H,4-9,25H2,1-3H3. The fourth-order valence-corrected chi connectivity index (χ4v) is 3.94. The molecule has 1 aromatic carbocycles. The summed E-state index contributed by atoms with van der Waals surface area (Å²) in [4.78, 5) is 12.7. The van der Waals surface area contributed by atoms with Crippen LogP contribution in [0.25, 0.3) is 0 Å². The SMILES string of the molecule is CCOC(=O)C1=C(C)OC(N)=C(C#N)C1c1ccc(OC2CCCC2)c(OCC)c1. The number of esters is 1. The Morgan fingerprint density at radius 1 is 1.23 bits per heavy atom. The van der Waals surface area contributed by atoms with Gasteiger partial charge in [-0.25, -0.2) is 4.79 Å². The largest absolute Gasteiger partial charge is 0.490 e. The number of carbonyl (C=O) groups is 1. The first-order valence-corrected chi connectivity index (χ1v) is 10.4. The van der Waals surface area contributed by atoms with E-state index in [0.717, 1.165) is 25.7 Å². The number of nitriles is 1. The lowest BCUT2D eigenvalue weighted by Gasteiger charge is -2.27. The maximum atomic E-state index is 12.7. The molecule has 0 bridgehead atoms. The smallest absolute Gasteiger partial charge is 0.338 e. The Balaban J connectivity index is 2.04. The highest BCUT2D eigenvalue weighted by Crippen LogP contribution is 2.42. The van der Waals surface area contributed by atoms with Gasteiger partial charge < -0.3 is 24.7 Å². The van der Waals surface area contributed by atoms with Crippen molar-refractivity contribution in [3.63, 3.8) is 0 Å². The molecule has 0 aromatic heterocycles. The monoisotopic (exact) mass is 412 g/mol. The van der Waals surface area contributed by atoms with Crippen molar-refractivity contribution in [1.82, 2.24) is 0 Å². The van der Waals surface area contributed by atoms with Crippen molar-refractivity contribution in [2.75, 3.05) is 13.2 Å². The second-order valence-electron chi connectivity index (χ2n) is 7.28. The van der Waals surface area contributed by atoms with Crippen molar-refractivity contribution in [2.45, 2.75) is 58.5 Å². The van der Waals surface area contributed by atoms with Crippen LogP contribution in [0.5, 0.6) is 11.5 Å². The third-order valence-electron chi connectivity index (χ3n) is 5.30. The molecule has 1 saturated carbocycles. The van der Waals surface area contributed by atoms with Gasteiger partial charge in [0, 0.05) is 0 Å². The van der Waals surface area contributed by atoms with Gasteiger partial charge in [-0.05, 0) is 64.2 Å². The first-order chi connectivity index (χ1) is 14.5. The molecule has 1 atom stereocenters. The number of benzene rings is 1. The molecule has 1 aliphatic heterocycles. The average Bonchev–Trinajstić information content (AvgIpc) is 3.22. The number of nitrogens with two attached hydrogens (primary N) is 1. The van der Waals surface area contributed by atoms with E-state index in [1.54, 1.807) is 19.9 Å². The zero-order chi connectivity index (χ0) is 21.7. The minimum atomic E-state index is -0.706. The van der Waals surface area contributed by atoms with Gasteiger partial charge in [-0.1, -0.05) is 6.07 Å². The summed E-state index contributed by atoms with van der Waals surface area (Å²) in [6.07, 6.45) is 4.56. The van der Waals surface area contributed by atoms with Crippen LogP contribution in [-0.4, -0.2) is 25.3 Å². The Bertz CT molecular complexity index is 907. The van der Waals surface area contributed by atoms with Gasteiger partial charge in [0.05, 0.1) is 30.8 Å². The van der Waals surface area contributed by atoms with E-state index in [9.17, 15) is 10.1 Å². The molecule has 3 rings (SSSR count). The van der Waals surface area contributed by atoms with Crippen LogP contribution in [0.1, 0.15) is 57.9 Å². The van der Waals surface area contributed by atoms with E-state index < -0.39 is 11.9 Å². The van der Waals surface area contributed by atoms with E-state index >= 15 is 0 Å². The summed E-state index contributed by atoms with van der Waals surface area (Å²) in [5.74, 6) is 0.294. The zero-order valence-electron chi connectivity index (χ0n) is 17.7. The van der Waals surface area contributed by atoms with E-state index in [-0.39, 0.29) is 29.7 Å². The highest BCUT2D eigenvalue weighted by Gasteiger charge is 2.36. The summed E-state index contributed by atoms with van der Waals surface area (Å²) < 4.78 is 22.7. The van der Waals surface area contributed by atoms with Crippen molar-refractivity contribution in [2.24, 2.45) is 5.73 Å². The molecular weight excluding hydrogens is 384 g/mol. The zero-order valence-corrected chi connectivity index (χ0v) is 17.7. The molecule has 1 unspecified atom stereocenters. The Kier molecular flexibility index (Phi) is 6.88. The highest BCUT2D eigenvalue weighted by atomic mass is 16.5. The van der Waals surface area contributed by atoms with Gasteiger partial charge in [0.2, 0.25) is 5.88 Å². The lowest BCUT2D eigenvalue weighted by molar-refractivity contribution is -0.139. The van der Waals surface area contributed by atoms with E-state index in [2.05, 4.69) is 6.07 Å². The fourth-order valence-electron chi connectivity index (χ4n) is 3.94. The predicted octanol–water partition coefficient (Wildman–Crippen LogP) is 4.05. The van der Waals surface area contributed by atoms with Gasteiger partial charge in [0.25, 0.3) is 0 Å². The number of ether oxygens (including phenoxy) is 4. The number of nitrogens with zero attached hydrogens (tertiary/aromatic N) is 1. The molecule has 7 heteroatoms. The minimum Gasteiger partial charge on any atom is -0.490 e. The molecule has 0 amide bonds. The van der Waals surface area contributed by atoms with Crippen LogP contribution in [0.4, 0.5) is 0 Å². The number of hydrogen-bond acceptors (Lipinski definition) is 7. The molecule has 2 N–H and O–H groups in total. The third kappa shape index (κ3) is 4.38. The summed E-state index contributed by atoms with van der Waals surface area (Å²) in [5.41, 5.74) is 7.08. The third-order valence-corrected chi connectivity index (χ3v) is 5.30. The van der Waals surface area contributed by atoms with E-state index in [0.29, 0.717) is 29.4 Å². The Morgan fingerprint density at radius 3 is 2.60 bits per heavy atom. The van der Waals surface area contributed by atoms with Crippen LogP contribution in [0.3, 0.4) is 0 Å². The van der Waals surface area contributed by atoms with Crippen molar-refractivity contribution in [3.05, 3.63) is 46.6 Å². The molecule has 1 fully saturated rings. The summed E-state index contributed by atoms with van der Waals surface area (Å²) in [5, 5.41) is 9.73. The topological polar surface area (TPSA) is 104 Å². The second-order valence-corrected chi connectivity index (χ2v) is 7.28. The molecule has 0 spiro atoms. The van der Waals surface area contributed by atoms with Gasteiger partial charge in [0.15, 0.2) is 11.5 Å². The molecule has 30 heavy (non-hydrogen) atoms. The van der Waals surface area contributed by atoms with Gasteiger partial charge in [0.1, 0.15) is 17.4 Å². The van der Waals surface area contributed by atoms with Gasteiger partial charge in [-0.15, -0.1) is 0 Å². The maximum absolute atomic E-state index is 12.7. The highest BCUT2D eigenvalue weighted by molar-refractivity contribution is 5.92. The van der Waals surface area contributed by atoms with Crippen LogP contribution < -0.4 is 15.2 Å². The summed E-state index contributed by atoms with van der Waals surface area (Å²) >= 11 is 0. The number of hydrogen-bond donors (Lipinski definition) is 1. The van der Waals surface area contributed by atoms with Gasteiger partial charge in [-0.2, -0.15) is 5.26 Å². The van der Waals surface area contributed by atoms with Crippen LogP contribution in [0.2, 0.25) is 0 Å². The molecule has 160 valence electrons. The molecule has 0 radical (unpaired) electrons. The Hall–Kier alpha value is -3.14. The first-order valence-electron chi connectivity index (χ1n) is 10.4. The number of carbonyl (C=O) groups excluding carboxylic acids is 1. The average molecular weight is 412 g/mol. The van der Waals surface area contributed by atoms with E-state index in [1.807, 2.05) is 19.1 Å². The number of rotatable bonds is 7. The first kappa shape index (κ1) is 21.6. The van der Waals surface area contributed by atoms with Crippen LogP contribution >= 0.6 is 0 Å². The van der Waals surface area contributed by atoms with Gasteiger partial charge in [-0.3, -0.25) is 0 Å².